The number of amidine groups is 1. The second-order valence-corrected chi connectivity index (χ2v) is 6.02. The smallest absolute Gasteiger partial charge is 0.238 e. The molecular formula is C15H14BrN3O2. The summed E-state index contributed by atoms with van der Waals surface area (Å²) >= 11 is 3.50. The number of rotatable bonds is 3. The molecule has 21 heavy (non-hydrogen) atoms. The number of nitrogens with one attached hydrogen (secondary N) is 1. The van der Waals surface area contributed by atoms with E-state index in [1.807, 2.05) is 36.4 Å². The Bertz CT molecular complexity index is 754. The van der Waals surface area contributed by atoms with Crippen LogP contribution in [0.5, 0.6) is 0 Å². The van der Waals surface area contributed by atoms with Gasteiger partial charge < -0.3 is 16.3 Å². The lowest BCUT2D eigenvalue weighted by molar-refractivity contribution is -0.119. The van der Waals surface area contributed by atoms with Gasteiger partial charge in [0.05, 0.1) is 0 Å². The lowest BCUT2D eigenvalue weighted by Gasteiger charge is -2.15. The largest absolute Gasteiger partial charge is 0.409 e. The molecule has 0 atom stereocenters. The zero-order valence-corrected chi connectivity index (χ0v) is 12.7. The van der Waals surface area contributed by atoms with Crippen molar-refractivity contribution in [3.05, 3.63) is 40.9 Å². The number of nitrogens with zero attached hydrogens (tertiary/aromatic N) is 1. The van der Waals surface area contributed by atoms with Crippen molar-refractivity contribution in [2.75, 3.05) is 5.32 Å². The van der Waals surface area contributed by atoms with E-state index < -0.39 is 5.41 Å². The van der Waals surface area contributed by atoms with Gasteiger partial charge in [0.15, 0.2) is 5.84 Å². The molecule has 0 radical (unpaired) electrons. The van der Waals surface area contributed by atoms with E-state index in [9.17, 15) is 4.79 Å². The van der Waals surface area contributed by atoms with Crippen LogP contribution in [0.2, 0.25) is 0 Å². The van der Waals surface area contributed by atoms with Gasteiger partial charge in [-0.25, -0.2) is 0 Å². The molecule has 0 aliphatic heterocycles. The summed E-state index contributed by atoms with van der Waals surface area (Å²) in [6.45, 7) is 0. The van der Waals surface area contributed by atoms with Crippen molar-refractivity contribution in [2.24, 2.45) is 16.3 Å². The number of fused-ring (bicyclic) bond motifs is 1. The van der Waals surface area contributed by atoms with E-state index in [1.165, 1.54) is 0 Å². The van der Waals surface area contributed by atoms with E-state index in [1.54, 1.807) is 0 Å². The molecule has 1 saturated carbocycles. The topological polar surface area (TPSA) is 87.7 Å². The molecule has 0 saturated heterocycles. The average molecular weight is 348 g/mol. The standard InChI is InChI=1S/C15H14BrN3O2/c16-11-5-6-12(10-4-2-1-3-9(10)11)18-14(20)15(7-8-15)13(17)19-21/h1-6,21H,7-8H2,(H2,17,19)(H,18,20). The molecular weight excluding hydrogens is 334 g/mol. The predicted octanol–water partition coefficient (Wildman–Crippen LogP) is 3.07. The number of nitrogens with two attached hydrogens (primary N) is 1. The summed E-state index contributed by atoms with van der Waals surface area (Å²) in [6.07, 6.45) is 1.20. The van der Waals surface area contributed by atoms with Crippen LogP contribution in [0.1, 0.15) is 12.8 Å². The molecule has 3 rings (SSSR count). The highest BCUT2D eigenvalue weighted by Crippen LogP contribution is 2.47. The van der Waals surface area contributed by atoms with Crippen molar-refractivity contribution in [2.45, 2.75) is 12.8 Å². The maximum absolute atomic E-state index is 12.4. The number of hydrogen-bond acceptors (Lipinski definition) is 3. The van der Waals surface area contributed by atoms with Crippen LogP contribution in [-0.2, 0) is 4.79 Å². The SMILES string of the molecule is N/C(=N/O)C1(C(=O)Nc2ccc(Br)c3ccccc23)CC1. The molecule has 108 valence electrons. The Kier molecular flexibility index (Phi) is 3.33. The molecule has 0 unspecified atom stereocenters. The van der Waals surface area contributed by atoms with Crippen LogP contribution in [0.15, 0.2) is 46.0 Å². The Hall–Kier alpha value is -2.08. The van der Waals surface area contributed by atoms with Gasteiger partial charge in [-0.05, 0) is 30.4 Å². The number of carbonyl (C=O) groups is 1. The summed E-state index contributed by atoms with van der Waals surface area (Å²) < 4.78 is 0.966. The van der Waals surface area contributed by atoms with E-state index in [-0.39, 0.29) is 11.7 Å². The maximum Gasteiger partial charge on any atom is 0.238 e. The number of anilines is 1. The molecule has 1 aliphatic rings. The van der Waals surface area contributed by atoms with Gasteiger partial charge in [0, 0.05) is 15.5 Å². The van der Waals surface area contributed by atoms with Crippen LogP contribution < -0.4 is 11.1 Å². The molecule has 0 aromatic heterocycles. The summed E-state index contributed by atoms with van der Waals surface area (Å²) in [4.78, 5) is 12.4. The van der Waals surface area contributed by atoms with Gasteiger partial charge in [-0.1, -0.05) is 45.4 Å². The summed E-state index contributed by atoms with van der Waals surface area (Å²) in [5, 5.41) is 16.7. The van der Waals surface area contributed by atoms with Crippen LogP contribution in [0, 0.1) is 5.41 Å². The van der Waals surface area contributed by atoms with E-state index in [2.05, 4.69) is 26.4 Å². The highest BCUT2D eigenvalue weighted by atomic mass is 79.9. The molecule has 1 aliphatic carbocycles. The molecule has 5 nitrogen and oxygen atoms in total. The first kappa shape index (κ1) is 13.9. The lowest BCUT2D eigenvalue weighted by Crippen LogP contribution is -2.36. The molecule has 4 N–H and O–H groups in total. The Labute approximate surface area is 129 Å². The molecule has 0 spiro atoms. The van der Waals surface area contributed by atoms with Gasteiger partial charge in [-0.3, -0.25) is 4.79 Å². The monoisotopic (exact) mass is 347 g/mol. The third kappa shape index (κ3) is 2.25. The minimum atomic E-state index is -0.858. The Morgan fingerprint density at radius 3 is 2.52 bits per heavy atom. The van der Waals surface area contributed by atoms with Crippen molar-refractivity contribution in [1.29, 1.82) is 0 Å². The minimum absolute atomic E-state index is 0.0265. The van der Waals surface area contributed by atoms with Gasteiger partial charge >= 0.3 is 0 Å². The molecule has 2 aromatic carbocycles. The minimum Gasteiger partial charge on any atom is -0.409 e. The number of carbonyl (C=O) groups excluding carboxylic acids is 1. The van der Waals surface area contributed by atoms with Crippen LogP contribution >= 0.6 is 15.9 Å². The van der Waals surface area contributed by atoms with Crippen LogP contribution in [0.3, 0.4) is 0 Å². The highest BCUT2D eigenvalue weighted by Gasteiger charge is 2.54. The van der Waals surface area contributed by atoms with E-state index in [4.69, 9.17) is 10.9 Å². The maximum atomic E-state index is 12.4. The van der Waals surface area contributed by atoms with Gasteiger partial charge in [0.1, 0.15) is 5.41 Å². The quantitative estimate of drug-likeness (QED) is 0.345. The van der Waals surface area contributed by atoms with Crippen molar-refractivity contribution >= 4 is 44.1 Å². The van der Waals surface area contributed by atoms with Gasteiger partial charge in [-0.2, -0.15) is 0 Å². The third-order valence-corrected chi connectivity index (χ3v) is 4.59. The van der Waals surface area contributed by atoms with E-state index in [0.717, 1.165) is 20.9 Å². The molecule has 1 amide bonds. The molecule has 0 bridgehead atoms. The molecule has 0 heterocycles. The Morgan fingerprint density at radius 2 is 1.90 bits per heavy atom. The number of halogens is 1. The second-order valence-electron chi connectivity index (χ2n) is 5.16. The van der Waals surface area contributed by atoms with Crippen LogP contribution in [0.25, 0.3) is 10.8 Å². The highest BCUT2D eigenvalue weighted by molar-refractivity contribution is 9.10. The number of oxime groups is 1. The first-order chi connectivity index (χ1) is 10.1. The summed E-state index contributed by atoms with van der Waals surface area (Å²) in [5.41, 5.74) is 5.50. The fourth-order valence-corrected chi connectivity index (χ4v) is 2.91. The molecule has 6 heteroatoms. The zero-order valence-electron chi connectivity index (χ0n) is 11.1. The predicted molar refractivity (Wildman–Crippen MR) is 85.4 cm³/mol. The van der Waals surface area contributed by atoms with Crippen LogP contribution in [0.4, 0.5) is 5.69 Å². The van der Waals surface area contributed by atoms with E-state index >= 15 is 0 Å². The average Bonchev–Trinajstić information content (AvgIpc) is 3.31. The number of benzene rings is 2. The van der Waals surface area contributed by atoms with Gasteiger partial charge in [0.25, 0.3) is 0 Å². The lowest BCUT2D eigenvalue weighted by atomic mass is 10.0. The van der Waals surface area contributed by atoms with Gasteiger partial charge in [0.2, 0.25) is 5.91 Å². The Balaban J connectivity index is 1.96. The normalized spacial score (nSPS) is 16.7. The fraction of sp³-hybridized carbons (Fsp3) is 0.200. The molecule has 2 aromatic rings. The third-order valence-electron chi connectivity index (χ3n) is 3.90. The number of amides is 1. The van der Waals surface area contributed by atoms with Crippen molar-refractivity contribution in [3.63, 3.8) is 0 Å². The summed E-state index contributed by atoms with van der Waals surface area (Å²) in [5.74, 6) is -0.258. The van der Waals surface area contributed by atoms with Gasteiger partial charge in [-0.15, -0.1) is 0 Å². The fourth-order valence-electron chi connectivity index (χ4n) is 2.43. The van der Waals surface area contributed by atoms with Crippen molar-refractivity contribution in [3.8, 4) is 0 Å². The summed E-state index contributed by atoms with van der Waals surface area (Å²) in [6, 6.07) is 11.5. The zero-order chi connectivity index (χ0) is 15.0. The first-order valence-corrected chi connectivity index (χ1v) is 7.34. The van der Waals surface area contributed by atoms with Crippen molar-refractivity contribution in [1.82, 2.24) is 0 Å². The summed E-state index contributed by atoms with van der Waals surface area (Å²) in [7, 11) is 0. The molecule has 1 fully saturated rings. The van der Waals surface area contributed by atoms with Crippen LogP contribution in [-0.4, -0.2) is 17.0 Å². The Morgan fingerprint density at radius 1 is 1.24 bits per heavy atom. The number of hydrogen-bond donors (Lipinski definition) is 3. The second kappa shape index (κ2) is 5.04. The van der Waals surface area contributed by atoms with Crippen molar-refractivity contribution < 1.29 is 10.0 Å². The van der Waals surface area contributed by atoms with E-state index in [0.29, 0.717) is 12.8 Å². The first-order valence-electron chi connectivity index (χ1n) is 6.55.